The summed E-state index contributed by atoms with van der Waals surface area (Å²) < 4.78 is 37.2. The van der Waals surface area contributed by atoms with Crippen molar-refractivity contribution in [2.24, 2.45) is 0 Å². The first-order valence-electron chi connectivity index (χ1n) is 6.99. The van der Waals surface area contributed by atoms with E-state index in [1.807, 2.05) is 0 Å². The third-order valence-corrected chi connectivity index (χ3v) is 4.19. The minimum atomic E-state index is -4.32. The van der Waals surface area contributed by atoms with Gasteiger partial charge in [-0.05, 0) is 19.3 Å². The van der Waals surface area contributed by atoms with Gasteiger partial charge in [-0.3, -0.25) is 9.59 Å². The van der Waals surface area contributed by atoms with E-state index in [0.29, 0.717) is 19.3 Å². The van der Waals surface area contributed by atoms with Crippen molar-refractivity contribution in [2.45, 2.75) is 63.2 Å². The minimum Gasteiger partial charge on any atom is -0.340 e. The zero-order chi connectivity index (χ0) is 15.0. The van der Waals surface area contributed by atoms with Crippen LogP contribution in [-0.2, 0) is 9.59 Å². The lowest BCUT2D eigenvalue weighted by Gasteiger charge is -2.44. The van der Waals surface area contributed by atoms with Gasteiger partial charge in [0.1, 0.15) is 11.6 Å². The summed E-state index contributed by atoms with van der Waals surface area (Å²) in [5, 5.41) is 2.76. The quantitative estimate of drug-likeness (QED) is 0.865. The molecule has 2 aliphatic rings. The molecule has 2 fully saturated rings. The predicted octanol–water partition coefficient (Wildman–Crippen LogP) is 1.99. The average molecular weight is 292 g/mol. The highest BCUT2D eigenvalue weighted by molar-refractivity contribution is 6.00. The predicted molar refractivity (Wildman–Crippen MR) is 65.8 cm³/mol. The largest absolute Gasteiger partial charge is 0.390 e. The van der Waals surface area contributed by atoms with Crippen molar-refractivity contribution >= 4 is 11.8 Å². The Kier molecular flexibility index (Phi) is 3.97. The zero-order valence-corrected chi connectivity index (χ0v) is 11.4. The van der Waals surface area contributed by atoms with E-state index in [1.165, 1.54) is 0 Å². The van der Waals surface area contributed by atoms with Gasteiger partial charge in [0, 0.05) is 6.54 Å². The Morgan fingerprint density at radius 1 is 1.30 bits per heavy atom. The van der Waals surface area contributed by atoms with Crippen molar-refractivity contribution in [1.29, 1.82) is 0 Å². The number of nitrogens with zero attached hydrogens (tertiary/aromatic N) is 1. The number of nitrogens with one attached hydrogen (secondary N) is 1. The van der Waals surface area contributed by atoms with E-state index in [-0.39, 0.29) is 11.8 Å². The van der Waals surface area contributed by atoms with Gasteiger partial charge in [0.25, 0.3) is 0 Å². The molecular formula is C13H19F3N2O2. The Labute approximate surface area is 115 Å². The van der Waals surface area contributed by atoms with Crippen molar-refractivity contribution < 1.29 is 22.8 Å². The van der Waals surface area contributed by atoms with Crippen LogP contribution >= 0.6 is 0 Å². The summed E-state index contributed by atoms with van der Waals surface area (Å²) in [5.41, 5.74) is -0.950. The fraction of sp³-hybridized carbons (Fsp3) is 0.846. The molecule has 1 N–H and O–H groups in total. The Morgan fingerprint density at radius 2 is 1.90 bits per heavy atom. The van der Waals surface area contributed by atoms with E-state index in [2.05, 4.69) is 5.32 Å². The van der Waals surface area contributed by atoms with Crippen molar-refractivity contribution in [2.75, 3.05) is 6.54 Å². The van der Waals surface area contributed by atoms with Crippen LogP contribution in [0.2, 0.25) is 0 Å². The molecule has 1 saturated carbocycles. The lowest BCUT2D eigenvalue weighted by atomic mass is 9.90. The van der Waals surface area contributed by atoms with Gasteiger partial charge in [-0.1, -0.05) is 19.8 Å². The van der Waals surface area contributed by atoms with Crippen LogP contribution in [0.4, 0.5) is 13.2 Å². The van der Waals surface area contributed by atoms with Crippen LogP contribution in [0.3, 0.4) is 0 Å². The number of hydrogen-bond donors (Lipinski definition) is 1. The Hall–Kier alpha value is -1.27. The fourth-order valence-electron chi connectivity index (χ4n) is 3.16. The zero-order valence-electron chi connectivity index (χ0n) is 11.4. The van der Waals surface area contributed by atoms with Crippen LogP contribution in [0.1, 0.15) is 45.4 Å². The van der Waals surface area contributed by atoms with E-state index in [0.717, 1.165) is 17.7 Å². The molecule has 1 atom stereocenters. The molecular weight excluding hydrogens is 273 g/mol. The van der Waals surface area contributed by atoms with Crippen LogP contribution in [0.5, 0.6) is 0 Å². The summed E-state index contributed by atoms with van der Waals surface area (Å²) in [6.45, 7) is 1.26. The highest BCUT2D eigenvalue weighted by atomic mass is 19.4. The molecule has 0 bridgehead atoms. The Balaban J connectivity index is 2.19. The first kappa shape index (κ1) is 15.1. The number of alkyl halides is 3. The molecule has 1 heterocycles. The lowest BCUT2D eigenvalue weighted by molar-refractivity contribution is -0.162. The van der Waals surface area contributed by atoms with Crippen molar-refractivity contribution in [3.05, 3.63) is 0 Å². The Morgan fingerprint density at radius 3 is 2.40 bits per heavy atom. The summed E-state index contributed by atoms with van der Waals surface area (Å²) in [6.07, 6.45) is -2.39. The normalized spacial score (nSPS) is 26.2. The molecule has 7 heteroatoms. The maximum absolute atomic E-state index is 12.5. The van der Waals surface area contributed by atoms with Crippen LogP contribution in [-0.4, -0.2) is 41.0 Å². The minimum absolute atomic E-state index is 0.323. The van der Waals surface area contributed by atoms with Crippen LogP contribution < -0.4 is 5.32 Å². The maximum Gasteiger partial charge on any atom is 0.390 e. The van der Waals surface area contributed by atoms with Gasteiger partial charge in [0.2, 0.25) is 11.8 Å². The van der Waals surface area contributed by atoms with E-state index < -0.39 is 30.7 Å². The summed E-state index contributed by atoms with van der Waals surface area (Å²) in [4.78, 5) is 25.7. The first-order chi connectivity index (χ1) is 9.29. The van der Waals surface area contributed by atoms with Gasteiger partial charge >= 0.3 is 6.18 Å². The summed E-state index contributed by atoms with van der Waals surface area (Å²) in [6, 6.07) is -0.781. The molecule has 2 amide bonds. The number of hydrogen-bond acceptors (Lipinski definition) is 2. The maximum atomic E-state index is 12.5. The van der Waals surface area contributed by atoms with E-state index in [9.17, 15) is 22.8 Å². The molecule has 1 aliphatic carbocycles. The SMILES string of the molecule is CCC1C(=O)NC2(CCCC2)C(=O)N1CCC(F)(F)F. The third-order valence-electron chi connectivity index (χ3n) is 4.19. The topological polar surface area (TPSA) is 49.4 Å². The lowest BCUT2D eigenvalue weighted by Crippen LogP contribution is -2.69. The van der Waals surface area contributed by atoms with Gasteiger partial charge < -0.3 is 10.2 Å². The van der Waals surface area contributed by atoms with Gasteiger partial charge in [0.05, 0.1) is 6.42 Å². The highest BCUT2D eigenvalue weighted by Crippen LogP contribution is 2.35. The molecule has 0 aromatic rings. The molecule has 0 aromatic carbocycles. The van der Waals surface area contributed by atoms with E-state index >= 15 is 0 Å². The van der Waals surface area contributed by atoms with Crippen molar-refractivity contribution in [1.82, 2.24) is 10.2 Å². The molecule has 114 valence electrons. The van der Waals surface area contributed by atoms with Gasteiger partial charge in [-0.25, -0.2) is 0 Å². The molecule has 0 aromatic heterocycles. The average Bonchev–Trinajstić information content (AvgIpc) is 2.80. The number of halogens is 3. The van der Waals surface area contributed by atoms with Gasteiger partial charge in [0.15, 0.2) is 0 Å². The molecule has 1 aliphatic heterocycles. The van der Waals surface area contributed by atoms with Crippen LogP contribution in [0.15, 0.2) is 0 Å². The van der Waals surface area contributed by atoms with E-state index in [1.54, 1.807) is 6.92 Å². The van der Waals surface area contributed by atoms with Crippen LogP contribution in [0, 0.1) is 0 Å². The number of rotatable bonds is 3. The summed E-state index contributed by atoms with van der Waals surface area (Å²) in [5.74, 6) is -0.665. The summed E-state index contributed by atoms with van der Waals surface area (Å²) in [7, 11) is 0. The Bertz CT molecular complexity index is 403. The first-order valence-corrected chi connectivity index (χ1v) is 6.99. The standard InChI is InChI=1S/C13H19F3N2O2/c1-2-9-10(19)17-12(5-3-4-6-12)11(20)18(9)8-7-13(14,15)16/h9H,2-8H2,1H3,(H,17,19). The monoisotopic (exact) mass is 292 g/mol. The third kappa shape index (κ3) is 2.76. The molecule has 1 saturated heterocycles. The van der Waals surface area contributed by atoms with Crippen molar-refractivity contribution in [3.63, 3.8) is 0 Å². The van der Waals surface area contributed by atoms with Crippen LogP contribution in [0.25, 0.3) is 0 Å². The van der Waals surface area contributed by atoms with Gasteiger partial charge in [-0.2, -0.15) is 13.2 Å². The fourth-order valence-corrected chi connectivity index (χ4v) is 3.16. The molecule has 1 unspecified atom stereocenters. The van der Waals surface area contributed by atoms with E-state index in [4.69, 9.17) is 0 Å². The van der Waals surface area contributed by atoms with Crippen molar-refractivity contribution in [3.8, 4) is 0 Å². The van der Waals surface area contributed by atoms with Gasteiger partial charge in [-0.15, -0.1) is 0 Å². The number of amides is 2. The highest BCUT2D eigenvalue weighted by Gasteiger charge is 2.51. The molecule has 0 radical (unpaired) electrons. The smallest absolute Gasteiger partial charge is 0.340 e. The molecule has 20 heavy (non-hydrogen) atoms. The number of carbonyl (C=O) groups excluding carboxylic acids is 2. The number of carbonyl (C=O) groups is 2. The second kappa shape index (κ2) is 5.26. The second-order valence-corrected chi connectivity index (χ2v) is 5.57. The summed E-state index contributed by atoms with van der Waals surface area (Å²) >= 11 is 0. The molecule has 4 nitrogen and oxygen atoms in total. The second-order valence-electron chi connectivity index (χ2n) is 5.57. The molecule has 2 rings (SSSR count). The molecule has 1 spiro atoms. The number of piperazine rings is 1.